The Labute approximate surface area is 263 Å². The fourth-order valence-corrected chi connectivity index (χ4v) is 7.46. The summed E-state index contributed by atoms with van der Waals surface area (Å²) < 4.78 is 24.5. The molecular weight excluding hydrogens is 568 g/mol. The number of fused-ring (bicyclic) bond motifs is 3. The van der Waals surface area contributed by atoms with E-state index in [0.717, 1.165) is 5.57 Å². The molecule has 0 spiro atoms. The average molecular weight is 627 g/mol. The molecule has 11 nitrogen and oxygen atoms in total. The topological polar surface area (TPSA) is 138 Å². The third kappa shape index (κ3) is 8.09. The molecule has 3 aliphatic heterocycles. The van der Waals surface area contributed by atoms with E-state index in [4.69, 9.17) is 18.9 Å². The van der Waals surface area contributed by atoms with Gasteiger partial charge in [0.1, 0.15) is 23.7 Å². The van der Waals surface area contributed by atoms with Gasteiger partial charge in [0.25, 0.3) is 0 Å². The number of hydrogen-bond acceptors (Lipinski definition) is 11. The predicted octanol–water partition coefficient (Wildman–Crippen LogP) is 2.15. The summed E-state index contributed by atoms with van der Waals surface area (Å²) in [6, 6.07) is -0.452. The summed E-state index contributed by atoms with van der Waals surface area (Å²) in [6.45, 7) is 19.5. The van der Waals surface area contributed by atoms with Gasteiger partial charge < -0.3 is 39.2 Å². The van der Waals surface area contributed by atoms with Crippen LogP contribution in [-0.4, -0.2) is 131 Å². The maximum absolute atomic E-state index is 13.9. The van der Waals surface area contributed by atoms with E-state index in [-0.39, 0.29) is 37.1 Å². The second-order valence-corrected chi connectivity index (χ2v) is 14.4. The van der Waals surface area contributed by atoms with Crippen LogP contribution in [0.15, 0.2) is 12.2 Å². The molecule has 254 valence electrons. The van der Waals surface area contributed by atoms with E-state index in [1.54, 1.807) is 20.8 Å². The highest BCUT2D eigenvalue weighted by Gasteiger charge is 2.50. The molecular formula is C33H58N2O9. The first kappa shape index (κ1) is 37.0. The van der Waals surface area contributed by atoms with Crippen LogP contribution in [0.3, 0.4) is 0 Å². The van der Waals surface area contributed by atoms with Crippen molar-refractivity contribution in [1.29, 1.82) is 0 Å². The van der Waals surface area contributed by atoms with Gasteiger partial charge in [-0.15, -0.1) is 0 Å². The van der Waals surface area contributed by atoms with E-state index in [0.29, 0.717) is 25.9 Å². The van der Waals surface area contributed by atoms with Crippen molar-refractivity contribution in [3.8, 4) is 0 Å². The van der Waals surface area contributed by atoms with E-state index in [9.17, 15) is 24.9 Å². The van der Waals surface area contributed by atoms with Gasteiger partial charge in [0.05, 0.1) is 30.5 Å². The van der Waals surface area contributed by atoms with Gasteiger partial charge in [-0.25, -0.2) is 0 Å². The molecule has 3 heterocycles. The Morgan fingerprint density at radius 1 is 1.11 bits per heavy atom. The Bertz CT molecular complexity index is 1020. The van der Waals surface area contributed by atoms with Gasteiger partial charge in [0.15, 0.2) is 12.1 Å². The van der Waals surface area contributed by atoms with E-state index in [2.05, 4.69) is 11.5 Å². The third-order valence-electron chi connectivity index (χ3n) is 9.98. The zero-order valence-corrected chi connectivity index (χ0v) is 28.5. The number of cyclic esters (lactones) is 1. The van der Waals surface area contributed by atoms with Crippen LogP contribution in [0.25, 0.3) is 0 Å². The standard InChI is InChI=1S/C33H58N2O9/c1-12-25-33(9,40)28-19(3)16-35(15-18(2)17-41-28)20(4)14-32(8,39)29(22(6)26(36)23(7)30(38)43-25)44-31-27(37)24(34(10)11)13-21(5)42-31/h19-25,27-29,31,37,39-40H,2,12-17H2,1,3-11H3/t19-,20+,21+,22-,23?,24-,25+,27+,28+,29+,31-,32+,33+/m0/s1. The molecule has 0 aromatic rings. The quantitative estimate of drug-likeness (QED) is 0.240. The van der Waals surface area contributed by atoms with E-state index < -0.39 is 65.5 Å². The second kappa shape index (κ2) is 14.5. The summed E-state index contributed by atoms with van der Waals surface area (Å²) in [4.78, 5) is 31.5. The van der Waals surface area contributed by atoms with E-state index in [1.807, 2.05) is 46.7 Å². The van der Waals surface area contributed by atoms with Crippen LogP contribution < -0.4 is 0 Å². The van der Waals surface area contributed by atoms with Crippen LogP contribution in [0.1, 0.15) is 74.7 Å². The zero-order valence-electron chi connectivity index (χ0n) is 28.5. The Morgan fingerprint density at radius 2 is 1.75 bits per heavy atom. The lowest BCUT2D eigenvalue weighted by molar-refractivity contribution is -0.293. The molecule has 3 fully saturated rings. The Kier molecular flexibility index (Phi) is 12.2. The smallest absolute Gasteiger partial charge is 0.316 e. The number of carbonyl (C=O) groups excluding carboxylic acids is 2. The molecule has 2 bridgehead atoms. The Hall–Kier alpha value is -1.44. The van der Waals surface area contributed by atoms with Crippen LogP contribution in [0.4, 0.5) is 0 Å². The van der Waals surface area contributed by atoms with Gasteiger partial charge >= 0.3 is 5.97 Å². The largest absolute Gasteiger partial charge is 0.459 e. The summed E-state index contributed by atoms with van der Waals surface area (Å²) in [5.74, 6) is -3.59. The number of rotatable bonds is 4. The van der Waals surface area contributed by atoms with Crippen molar-refractivity contribution in [2.24, 2.45) is 17.8 Å². The number of ether oxygens (including phenoxy) is 4. The van der Waals surface area contributed by atoms with Crippen molar-refractivity contribution in [1.82, 2.24) is 9.80 Å². The minimum Gasteiger partial charge on any atom is -0.459 e. The number of hydrogen-bond donors (Lipinski definition) is 3. The van der Waals surface area contributed by atoms with E-state index >= 15 is 0 Å². The van der Waals surface area contributed by atoms with Crippen LogP contribution >= 0.6 is 0 Å². The number of Topliss-reactive ketones (excluding diaryl/α,β-unsaturated/α-hetero) is 1. The maximum atomic E-state index is 13.9. The molecule has 3 rings (SSSR count). The molecule has 0 aliphatic carbocycles. The SMILES string of the molecule is C=C1CO[C@@H]2[C@@H](C)CN(C1)[C@H](C)C[C@@](C)(O)[C@H](O[C@@H]1O[C@H](C)C[C@H](N(C)C)[C@H]1O)[C@@H](C)C(=O)C(C)C(=O)O[C@H](CC)[C@@]2(C)O. The molecule has 44 heavy (non-hydrogen) atoms. The lowest BCUT2D eigenvalue weighted by Crippen LogP contribution is -2.59. The number of esters is 1. The van der Waals surface area contributed by atoms with Crippen molar-refractivity contribution < 1.29 is 43.9 Å². The molecule has 0 amide bonds. The van der Waals surface area contributed by atoms with Gasteiger partial charge in [-0.3, -0.25) is 14.5 Å². The minimum atomic E-state index is -1.57. The minimum absolute atomic E-state index is 0.177. The number of likely N-dealkylation sites (N-methyl/N-ethyl adjacent to an activating group) is 1. The molecule has 0 radical (unpaired) electrons. The molecule has 0 saturated carbocycles. The monoisotopic (exact) mass is 626 g/mol. The lowest BCUT2D eigenvalue weighted by atomic mass is 9.79. The predicted molar refractivity (Wildman–Crippen MR) is 166 cm³/mol. The van der Waals surface area contributed by atoms with Gasteiger partial charge in [0.2, 0.25) is 0 Å². The second-order valence-electron chi connectivity index (χ2n) is 14.4. The highest BCUT2D eigenvalue weighted by molar-refractivity contribution is 6.00. The van der Waals surface area contributed by atoms with Crippen molar-refractivity contribution in [3.05, 3.63) is 12.2 Å². The number of carbonyl (C=O) groups is 2. The van der Waals surface area contributed by atoms with Crippen molar-refractivity contribution in [3.63, 3.8) is 0 Å². The van der Waals surface area contributed by atoms with Crippen LogP contribution in [0.2, 0.25) is 0 Å². The number of ketones is 1. The first-order valence-corrected chi connectivity index (χ1v) is 16.2. The Morgan fingerprint density at radius 3 is 2.34 bits per heavy atom. The molecule has 0 aromatic heterocycles. The summed E-state index contributed by atoms with van der Waals surface area (Å²) in [7, 11) is 3.75. The maximum Gasteiger partial charge on any atom is 0.316 e. The molecule has 14 atom stereocenters. The molecule has 3 saturated heterocycles. The molecule has 3 N–H and O–H groups in total. The lowest BCUT2D eigenvalue weighted by Gasteiger charge is -2.47. The van der Waals surface area contributed by atoms with Gasteiger partial charge in [-0.2, -0.15) is 0 Å². The first-order valence-electron chi connectivity index (χ1n) is 16.2. The normalized spacial score (nSPS) is 47.0. The van der Waals surface area contributed by atoms with Crippen molar-refractivity contribution >= 4 is 11.8 Å². The first-order chi connectivity index (χ1) is 20.3. The third-order valence-corrected chi connectivity index (χ3v) is 9.98. The van der Waals surface area contributed by atoms with Crippen LogP contribution in [0.5, 0.6) is 0 Å². The number of nitrogens with zero attached hydrogens (tertiary/aromatic N) is 2. The molecule has 0 aromatic carbocycles. The summed E-state index contributed by atoms with van der Waals surface area (Å²) in [5.41, 5.74) is -2.31. The summed E-state index contributed by atoms with van der Waals surface area (Å²) >= 11 is 0. The fourth-order valence-electron chi connectivity index (χ4n) is 7.46. The molecule has 2 unspecified atom stereocenters. The number of aliphatic hydroxyl groups is 3. The van der Waals surface area contributed by atoms with Crippen LogP contribution in [0, 0.1) is 17.8 Å². The summed E-state index contributed by atoms with van der Waals surface area (Å²) in [5, 5.41) is 35.2. The van der Waals surface area contributed by atoms with Gasteiger partial charge in [-0.1, -0.05) is 27.4 Å². The van der Waals surface area contributed by atoms with Gasteiger partial charge in [0, 0.05) is 31.1 Å². The number of aliphatic hydroxyl groups excluding tert-OH is 1. The summed E-state index contributed by atoms with van der Waals surface area (Å²) in [6.07, 6.45) is -3.98. The van der Waals surface area contributed by atoms with Gasteiger partial charge in [-0.05, 0) is 79.5 Å². The van der Waals surface area contributed by atoms with Crippen molar-refractivity contribution in [2.75, 3.05) is 33.8 Å². The van der Waals surface area contributed by atoms with Crippen molar-refractivity contribution in [2.45, 2.75) is 135 Å². The van der Waals surface area contributed by atoms with E-state index in [1.165, 1.54) is 6.92 Å². The highest BCUT2D eigenvalue weighted by atomic mass is 16.7. The Balaban J connectivity index is 2.08. The highest BCUT2D eigenvalue weighted by Crippen LogP contribution is 2.36. The molecule has 11 heteroatoms. The average Bonchev–Trinajstić information content (AvgIpc) is 2.92. The van der Waals surface area contributed by atoms with Crippen LogP contribution in [-0.2, 0) is 28.5 Å². The molecule has 3 aliphatic rings. The zero-order chi connectivity index (χ0) is 33.3. The fraction of sp³-hybridized carbons (Fsp3) is 0.879.